The first kappa shape index (κ1) is 20.0. The second kappa shape index (κ2) is 9.47. The highest BCUT2D eigenvalue weighted by atomic mass is 15.3. The quantitative estimate of drug-likeness (QED) is 0.792. The molecule has 0 unspecified atom stereocenters. The van der Waals surface area contributed by atoms with Crippen molar-refractivity contribution in [3.8, 4) is 6.07 Å². The largest absolute Gasteiger partial charge is 0.363 e. The van der Waals surface area contributed by atoms with Gasteiger partial charge in [-0.3, -0.25) is 0 Å². The van der Waals surface area contributed by atoms with Crippen LogP contribution in [-0.4, -0.2) is 52.8 Å². The van der Waals surface area contributed by atoms with Crippen molar-refractivity contribution in [2.75, 3.05) is 42.9 Å². The molecule has 148 valence electrons. The molecule has 1 aliphatic rings. The molecule has 28 heavy (non-hydrogen) atoms. The number of nitrogens with one attached hydrogen (secondary N) is 1. The summed E-state index contributed by atoms with van der Waals surface area (Å²) < 4.78 is 0. The van der Waals surface area contributed by atoms with Crippen LogP contribution >= 0.6 is 0 Å². The summed E-state index contributed by atoms with van der Waals surface area (Å²) in [7, 11) is 0. The van der Waals surface area contributed by atoms with Crippen LogP contribution in [-0.2, 0) is 19.4 Å². The number of likely N-dealkylation sites (N-methyl/N-ethyl adjacent to an activating group) is 1. The van der Waals surface area contributed by atoms with E-state index in [1.54, 1.807) is 0 Å². The third-order valence-corrected chi connectivity index (χ3v) is 5.37. The van der Waals surface area contributed by atoms with Gasteiger partial charge in [0.25, 0.3) is 0 Å². The van der Waals surface area contributed by atoms with Crippen molar-refractivity contribution in [2.45, 2.75) is 40.2 Å². The standard InChI is InChI=1S/C21H29N7/c1-4-17-18(13-22)21(26-25-19(17)5-2)24-15-16-7-8-20(23-14-16)28-11-9-27(6-3)10-12-28/h7-8,14H,4-6,9-12,15H2,1-3H3,(H,24,26). The molecule has 0 amide bonds. The van der Waals surface area contributed by atoms with Crippen LogP contribution in [0.2, 0.25) is 0 Å². The maximum Gasteiger partial charge on any atom is 0.167 e. The van der Waals surface area contributed by atoms with Gasteiger partial charge >= 0.3 is 0 Å². The zero-order valence-electron chi connectivity index (χ0n) is 17.1. The molecule has 0 aliphatic carbocycles. The number of aryl methyl sites for hydroxylation is 1. The van der Waals surface area contributed by atoms with Crippen molar-refractivity contribution in [2.24, 2.45) is 0 Å². The van der Waals surface area contributed by atoms with Crippen LogP contribution in [0.4, 0.5) is 11.6 Å². The average Bonchev–Trinajstić information content (AvgIpc) is 2.77. The fourth-order valence-corrected chi connectivity index (χ4v) is 3.60. The second-order valence-electron chi connectivity index (χ2n) is 6.97. The molecule has 2 aromatic rings. The molecular formula is C21H29N7. The zero-order chi connectivity index (χ0) is 19.9. The Hall–Kier alpha value is -2.72. The lowest BCUT2D eigenvalue weighted by molar-refractivity contribution is 0.270. The molecule has 7 nitrogen and oxygen atoms in total. The number of hydrogen-bond donors (Lipinski definition) is 1. The number of anilines is 2. The van der Waals surface area contributed by atoms with E-state index in [0.29, 0.717) is 17.9 Å². The van der Waals surface area contributed by atoms with E-state index in [4.69, 9.17) is 0 Å². The summed E-state index contributed by atoms with van der Waals surface area (Å²) in [4.78, 5) is 9.42. The summed E-state index contributed by atoms with van der Waals surface area (Å²) >= 11 is 0. The van der Waals surface area contributed by atoms with Gasteiger partial charge in [0.2, 0.25) is 0 Å². The normalized spacial score (nSPS) is 14.7. The highest BCUT2D eigenvalue weighted by Gasteiger charge is 2.17. The van der Waals surface area contributed by atoms with Gasteiger partial charge in [-0.25, -0.2) is 4.98 Å². The smallest absolute Gasteiger partial charge is 0.167 e. The van der Waals surface area contributed by atoms with Crippen LogP contribution in [0.5, 0.6) is 0 Å². The maximum atomic E-state index is 9.59. The van der Waals surface area contributed by atoms with Crippen molar-refractivity contribution < 1.29 is 0 Å². The molecular weight excluding hydrogens is 350 g/mol. The Morgan fingerprint density at radius 1 is 1.07 bits per heavy atom. The Morgan fingerprint density at radius 3 is 2.43 bits per heavy atom. The van der Waals surface area contributed by atoms with Gasteiger partial charge in [-0.2, -0.15) is 10.4 Å². The Kier molecular flexibility index (Phi) is 6.77. The fraction of sp³-hybridized carbons (Fsp3) is 0.524. The van der Waals surface area contributed by atoms with Crippen LogP contribution < -0.4 is 10.2 Å². The first-order chi connectivity index (χ1) is 13.7. The predicted octanol–water partition coefficient (Wildman–Crippen LogP) is 2.62. The van der Waals surface area contributed by atoms with E-state index in [-0.39, 0.29) is 0 Å². The van der Waals surface area contributed by atoms with Crippen LogP contribution in [0.15, 0.2) is 18.3 Å². The number of aromatic nitrogens is 3. The summed E-state index contributed by atoms with van der Waals surface area (Å²) in [5.74, 6) is 1.58. The van der Waals surface area contributed by atoms with Crippen LogP contribution in [0.25, 0.3) is 0 Å². The molecule has 1 saturated heterocycles. The lowest BCUT2D eigenvalue weighted by atomic mass is 10.0. The fourth-order valence-electron chi connectivity index (χ4n) is 3.60. The Morgan fingerprint density at radius 2 is 1.86 bits per heavy atom. The summed E-state index contributed by atoms with van der Waals surface area (Å²) in [5.41, 5.74) is 3.55. The lowest BCUT2D eigenvalue weighted by Crippen LogP contribution is -2.46. The van der Waals surface area contributed by atoms with E-state index in [2.05, 4.69) is 55.4 Å². The van der Waals surface area contributed by atoms with Gasteiger partial charge in [-0.05, 0) is 36.6 Å². The molecule has 0 saturated carbocycles. The molecule has 0 bridgehead atoms. The molecule has 1 N–H and O–H groups in total. The first-order valence-corrected chi connectivity index (χ1v) is 10.1. The van der Waals surface area contributed by atoms with Crippen molar-refractivity contribution in [3.05, 3.63) is 40.7 Å². The molecule has 1 aliphatic heterocycles. The maximum absolute atomic E-state index is 9.59. The first-order valence-electron chi connectivity index (χ1n) is 10.1. The van der Waals surface area contributed by atoms with E-state index in [0.717, 1.165) is 68.2 Å². The molecule has 1 fully saturated rings. The summed E-state index contributed by atoms with van der Waals surface area (Å²) in [6, 6.07) is 6.46. The lowest BCUT2D eigenvalue weighted by Gasteiger charge is -2.34. The SMILES string of the molecule is CCc1nnc(NCc2ccc(N3CCN(CC)CC3)nc2)c(C#N)c1CC. The van der Waals surface area contributed by atoms with E-state index in [1.807, 2.05) is 20.0 Å². The third kappa shape index (κ3) is 4.39. The Balaban J connectivity index is 1.65. The molecule has 7 heteroatoms. The van der Waals surface area contributed by atoms with E-state index >= 15 is 0 Å². The highest BCUT2D eigenvalue weighted by Crippen LogP contribution is 2.21. The third-order valence-electron chi connectivity index (χ3n) is 5.37. The van der Waals surface area contributed by atoms with Crippen molar-refractivity contribution in [3.63, 3.8) is 0 Å². The number of pyridine rings is 1. The summed E-state index contributed by atoms with van der Waals surface area (Å²) in [6.45, 7) is 12.2. The number of rotatable bonds is 7. The van der Waals surface area contributed by atoms with Crippen LogP contribution in [0.1, 0.15) is 43.2 Å². The van der Waals surface area contributed by atoms with Crippen molar-refractivity contribution >= 4 is 11.6 Å². The molecule has 3 rings (SSSR count). The summed E-state index contributed by atoms with van der Waals surface area (Å²) in [6.07, 6.45) is 3.45. The highest BCUT2D eigenvalue weighted by molar-refractivity contribution is 5.56. The number of hydrogen-bond acceptors (Lipinski definition) is 7. The number of nitrogens with zero attached hydrogens (tertiary/aromatic N) is 6. The summed E-state index contributed by atoms with van der Waals surface area (Å²) in [5, 5.41) is 21.4. The van der Waals surface area contributed by atoms with E-state index in [9.17, 15) is 5.26 Å². The van der Waals surface area contributed by atoms with Crippen molar-refractivity contribution in [1.29, 1.82) is 5.26 Å². The zero-order valence-corrected chi connectivity index (χ0v) is 17.1. The predicted molar refractivity (Wildman–Crippen MR) is 111 cm³/mol. The molecule has 0 spiro atoms. The Bertz CT molecular complexity index is 818. The van der Waals surface area contributed by atoms with Gasteiger partial charge in [-0.1, -0.05) is 26.8 Å². The molecule has 0 radical (unpaired) electrons. The number of piperazine rings is 1. The van der Waals surface area contributed by atoms with Gasteiger partial charge < -0.3 is 15.1 Å². The topological polar surface area (TPSA) is 81.0 Å². The van der Waals surface area contributed by atoms with E-state index < -0.39 is 0 Å². The monoisotopic (exact) mass is 379 g/mol. The Labute approximate surface area is 167 Å². The second-order valence-corrected chi connectivity index (χ2v) is 6.97. The van der Waals surface area contributed by atoms with Gasteiger partial charge in [0.05, 0.1) is 5.69 Å². The minimum absolute atomic E-state index is 0.552. The van der Waals surface area contributed by atoms with Gasteiger partial charge in [0.1, 0.15) is 17.5 Å². The molecule has 2 aromatic heterocycles. The molecule has 0 aromatic carbocycles. The van der Waals surface area contributed by atoms with Gasteiger partial charge in [-0.15, -0.1) is 5.10 Å². The van der Waals surface area contributed by atoms with Gasteiger partial charge in [0.15, 0.2) is 5.82 Å². The van der Waals surface area contributed by atoms with E-state index in [1.165, 1.54) is 0 Å². The average molecular weight is 380 g/mol. The number of nitriles is 1. The van der Waals surface area contributed by atoms with Crippen molar-refractivity contribution in [1.82, 2.24) is 20.1 Å². The van der Waals surface area contributed by atoms with Crippen LogP contribution in [0.3, 0.4) is 0 Å². The minimum atomic E-state index is 0.552. The molecule has 0 atom stereocenters. The molecule has 3 heterocycles. The van der Waals surface area contributed by atoms with Gasteiger partial charge in [0, 0.05) is 38.9 Å². The van der Waals surface area contributed by atoms with Crippen LogP contribution in [0, 0.1) is 11.3 Å². The minimum Gasteiger partial charge on any atom is -0.363 e.